The summed E-state index contributed by atoms with van der Waals surface area (Å²) in [5.74, 6) is 0. The van der Waals surface area contributed by atoms with Crippen LogP contribution in [0.2, 0.25) is 0 Å². The zero-order valence-corrected chi connectivity index (χ0v) is 12.4. The molecule has 83 valence electrons. The van der Waals surface area contributed by atoms with Crippen molar-refractivity contribution in [1.29, 1.82) is 0 Å². The van der Waals surface area contributed by atoms with Crippen LogP contribution < -0.4 is 37.8 Å². The molecule has 0 spiro atoms. The maximum atomic E-state index is 8.52. The third-order valence-corrected chi connectivity index (χ3v) is 0. The van der Waals surface area contributed by atoms with E-state index in [9.17, 15) is 0 Å². The molecule has 0 amide bonds. The Hall–Kier alpha value is 2.66. The van der Waals surface area contributed by atoms with Gasteiger partial charge in [0.15, 0.2) is 0 Å². The van der Waals surface area contributed by atoms with E-state index >= 15 is 0 Å². The standard InChI is InChI=1S/3BrO3.Eu/c3*2-1(3)4;/q3*-1;+2. The molecule has 9 nitrogen and oxygen atoms in total. The van der Waals surface area contributed by atoms with Crippen molar-refractivity contribution < 1.29 is 132 Å². The van der Waals surface area contributed by atoms with Crippen LogP contribution in [0, 0.1) is 93.8 Å². The van der Waals surface area contributed by atoms with Gasteiger partial charge in [-0.25, -0.2) is 0 Å². The quantitative estimate of drug-likeness (QED) is 0.288. The van der Waals surface area contributed by atoms with Crippen LogP contribution in [0.3, 0.4) is 0 Å². The molecule has 13 heteroatoms. The summed E-state index contributed by atoms with van der Waals surface area (Å²) in [5.41, 5.74) is 0. The molecule has 1 radical (unpaired) electrons. The topological polar surface area (TPSA) is 208 Å². The van der Waals surface area contributed by atoms with Crippen LogP contribution in [0.5, 0.6) is 0 Å². The van der Waals surface area contributed by atoms with Gasteiger partial charge in [-0.1, -0.05) is 0 Å². The molecule has 0 aliphatic rings. The van der Waals surface area contributed by atoms with Crippen LogP contribution in [-0.4, -0.2) is 0 Å². The molecule has 0 heterocycles. The van der Waals surface area contributed by atoms with Gasteiger partial charge in [-0.3, -0.25) is 0 Å². The summed E-state index contributed by atoms with van der Waals surface area (Å²) >= 11 is -10.9. The fourth-order valence-electron chi connectivity index (χ4n) is 0. The molecular formula is Br3EuO9-. The van der Waals surface area contributed by atoms with E-state index in [1.807, 2.05) is 0 Å². The third-order valence-electron chi connectivity index (χ3n) is 0. The zero-order valence-electron chi connectivity index (χ0n) is 5.19. The normalized spacial score (nSPS) is 8.31. The van der Waals surface area contributed by atoms with Gasteiger partial charge < -0.3 is 37.8 Å². The minimum absolute atomic E-state index is 0. The van der Waals surface area contributed by atoms with Crippen LogP contribution in [-0.2, 0) is 0 Å². The summed E-state index contributed by atoms with van der Waals surface area (Å²) < 4.78 is 76.7. The van der Waals surface area contributed by atoms with E-state index in [0.29, 0.717) is 0 Å². The van der Waals surface area contributed by atoms with Crippen molar-refractivity contribution in [3.05, 3.63) is 0 Å². The molecule has 0 fully saturated rings. The van der Waals surface area contributed by atoms with Crippen molar-refractivity contribution in [2.75, 3.05) is 0 Å². The van der Waals surface area contributed by atoms with Crippen molar-refractivity contribution in [2.24, 2.45) is 0 Å². The fraction of sp³-hybridized carbons (Fsp3) is 0. The molecular weight excluding hydrogens is 536 g/mol. The molecule has 0 rings (SSSR count). The van der Waals surface area contributed by atoms with Crippen molar-refractivity contribution in [2.45, 2.75) is 0 Å². The van der Waals surface area contributed by atoms with Gasteiger partial charge in [0.1, 0.15) is 0 Å². The molecule has 0 atom stereocenters. The van der Waals surface area contributed by atoms with E-state index < -0.39 is 44.4 Å². The van der Waals surface area contributed by atoms with Gasteiger partial charge in [0, 0.05) is 0 Å². The first kappa shape index (κ1) is 24.8. The van der Waals surface area contributed by atoms with Crippen LogP contribution in [0.4, 0.5) is 0 Å². The van der Waals surface area contributed by atoms with Crippen molar-refractivity contribution in [3.63, 3.8) is 0 Å². The first-order chi connectivity index (χ1) is 5.20. The van der Waals surface area contributed by atoms with Gasteiger partial charge in [0.05, 0.1) is 0 Å². The predicted molar refractivity (Wildman–Crippen MR) is 0 cm³/mol. The van der Waals surface area contributed by atoms with Crippen molar-refractivity contribution in [3.8, 4) is 0 Å². The Bertz CT molecular complexity index is 43.4. The first-order valence-corrected chi connectivity index (χ1v) is 7.22. The second-order valence-electron chi connectivity index (χ2n) is 0.567. The van der Waals surface area contributed by atoms with Gasteiger partial charge >= 0.3 is 49.4 Å². The Kier molecular flexibility index (Phi) is 38.3. The van der Waals surface area contributed by atoms with E-state index in [1.165, 1.54) is 0 Å². The first-order valence-electron chi connectivity index (χ1n) is 1.39. The average Bonchev–Trinajstić information content (AvgIpc) is 1.54. The molecule has 0 N–H and O–H groups in total. The number of hydrogen-bond acceptors (Lipinski definition) is 9. The van der Waals surface area contributed by atoms with Crippen molar-refractivity contribution in [1.82, 2.24) is 0 Å². The smallest absolute Gasteiger partial charge is 0.405 e. The molecule has 0 saturated heterocycles. The Morgan fingerprint density at radius 2 is 0.385 bits per heavy atom. The second-order valence-corrected chi connectivity index (χ2v) is 2.95. The monoisotopic (exact) mass is 534 g/mol. The second kappa shape index (κ2) is 20.1. The molecule has 0 aromatic rings. The molecule has 0 bridgehead atoms. The van der Waals surface area contributed by atoms with E-state index in [2.05, 4.69) is 0 Å². The van der Waals surface area contributed by atoms with E-state index in [-0.39, 0.29) is 49.4 Å². The molecule has 0 aromatic heterocycles. The Labute approximate surface area is 129 Å². The summed E-state index contributed by atoms with van der Waals surface area (Å²) in [5, 5.41) is 0. The summed E-state index contributed by atoms with van der Waals surface area (Å²) in [7, 11) is 0. The predicted octanol–water partition coefficient (Wildman–Crippen LogP) is -10.7. The molecule has 0 saturated carbocycles. The van der Waals surface area contributed by atoms with Crippen molar-refractivity contribution >= 4 is 0 Å². The molecule has 0 aliphatic heterocycles. The SMILES string of the molecule is [Eu+2].[O-][Br+2]([O-])[O-].[O-][Br+2]([O-])[O-].[O-][Br+2]([O-])[O-]. The third kappa shape index (κ3) is 331. The summed E-state index contributed by atoms with van der Waals surface area (Å²) in [6, 6.07) is 0. The Balaban J connectivity index is -0.0000000450. The fourth-order valence-corrected chi connectivity index (χ4v) is 0. The van der Waals surface area contributed by atoms with Gasteiger partial charge in [-0.05, 0) is 0 Å². The summed E-state index contributed by atoms with van der Waals surface area (Å²) in [6.45, 7) is 0. The van der Waals surface area contributed by atoms with Gasteiger partial charge in [-0.15, -0.1) is 0 Å². The minimum atomic E-state index is -3.65. The van der Waals surface area contributed by atoms with Crippen LogP contribution >= 0.6 is 0 Å². The maximum Gasteiger partial charge on any atom is 2.00 e. The Morgan fingerprint density at radius 3 is 0.385 bits per heavy atom. The van der Waals surface area contributed by atoms with Gasteiger partial charge in [0.2, 0.25) is 44.4 Å². The van der Waals surface area contributed by atoms with Crippen LogP contribution in [0.25, 0.3) is 0 Å². The molecule has 0 aromatic carbocycles. The molecule has 0 unspecified atom stereocenters. The zero-order chi connectivity index (χ0) is 10.7. The van der Waals surface area contributed by atoms with E-state index in [4.69, 9.17) is 37.8 Å². The largest absolute Gasteiger partial charge is 2.00 e. The maximum absolute atomic E-state index is 8.52. The minimum Gasteiger partial charge on any atom is -0.405 e. The van der Waals surface area contributed by atoms with E-state index in [1.54, 1.807) is 0 Å². The number of rotatable bonds is 0. The van der Waals surface area contributed by atoms with Gasteiger partial charge in [-0.2, -0.15) is 0 Å². The van der Waals surface area contributed by atoms with E-state index in [0.717, 1.165) is 0 Å². The Morgan fingerprint density at radius 1 is 0.385 bits per heavy atom. The number of hydrogen-bond donors (Lipinski definition) is 0. The van der Waals surface area contributed by atoms with Crippen LogP contribution in [0.1, 0.15) is 0 Å². The number of halogens is 3. The van der Waals surface area contributed by atoms with Gasteiger partial charge in [0.25, 0.3) is 0 Å². The van der Waals surface area contributed by atoms with Crippen LogP contribution in [0.15, 0.2) is 0 Å². The molecule has 13 heavy (non-hydrogen) atoms. The summed E-state index contributed by atoms with van der Waals surface area (Å²) in [6.07, 6.45) is 0. The average molecular weight is 536 g/mol. The molecule has 0 aliphatic carbocycles. The summed E-state index contributed by atoms with van der Waals surface area (Å²) in [4.78, 5) is 0.